The highest BCUT2D eigenvalue weighted by Gasteiger charge is 2.17. The van der Waals surface area contributed by atoms with Crippen LogP contribution in [0.3, 0.4) is 0 Å². The van der Waals surface area contributed by atoms with Gasteiger partial charge in [0.2, 0.25) is 0 Å². The Morgan fingerprint density at radius 1 is 1.44 bits per heavy atom. The third-order valence-electron chi connectivity index (χ3n) is 2.23. The Labute approximate surface area is 116 Å². The number of rotatable bonds is 5. The standard InChI is InChI=1S/C12H15Cl2NO3/c1-7(6-16)15-12(17)8(2)18-11-4-3-9(13)5-10(11)14/h3-5,7-8,16H,6H2,1-2H3,(H,15,17)/t7-,8?/m0/s1. The van der Waals surface area contributed by atoms with Crippen LogP contribution in [-0.4, -0.2) is 29.8 Å². The first kappa shape index (κ1) is 15.1. The number of halogens is 2. The Morgan fingerprint density at radius 3 is 2.67 bits per heavy atom. The van der Waals surface area contributed by atoms with E-state index < -0.39 is 6.10 Å². The number of aliphatic hydroxyl groups is 1. The minimum Gasteiger partial charge on any atom is -0.479 e. The topological polar surface area (TPSA) is 58.6 Å². The van der Waals surface area contributed by atoms with E-state index in [2.05, 4.69) is 5.32 Å². The van der Waals surface area contributed by atoms with Crippen LogP contribution in [0, 0.1) is 0 Å². The monoisotopic (exact) mass is 291 g/mol. The van der Waals surface area contributed by atoms with Crippen molar-refractivity contribution < 1.29 is 14.6 Å². The first-order valence-electron chi connectivity index (χ1n) is 5.47. The van der Waals surface area contributed by atoms with Crippen molar-refractivity contribution in [3.63, 3.8) is 0 Å². The van der Waals surface area contributed by atoms with E-state index in [9.17, 15) is 4.79 Å². The van der Waals surface area contributed by atoms with E-state index in [0.29, 0.717) is 15.8 Å². The molecule has 0 aliphatic carbocycles. The van der Waals surface area contributed by atoms with E-state index >= 15 is 0 Å². The summed E-state index contributed by atoms with van der Waals surface area (Å²) in [4.78, 5) is 11.7. The third kappa shape index (κ3) is 4.37. The van der Waals surface area contributed by atoms with Crippen molar-refractivity contribution in [3.05, 3.63) is 28.2 Å². The molecule has 1 amide bonds. The van der Waals surface area contributed by atoms with Crippen LogP contribution in [0.1, 0.15) is 13.8 Å². The second kappa shape index (κ2) is 6.83. The van der Waals surface area contributed by atoms with Crippen LogP contribution in [0.25, 0.3) is 0 Å². The van der Waals surface area contributed by atoms with Crippen molar-refractivity contribution >= 4 is 29.1 Å². The van der Waals surface area contributed by atoms with Crippen molar-refractivity contribution in [2.75, 3.05) is 6.61 Å². The average molecular weight is 292 g/mol. The lowest BCUT2D eigenvalue weighted by atomic mass is 10.3. The Kier molecular flexibility index (Phi) is 5.72. The maximum atomic E-state index is 11.7. The fourth-order valence-electron chi connectivity index (χ4n) is 1.22. The molecule has 4 nitrogen and oxygen atoms in total. The Bertz CT molecular complexity index is 426. The maximum absolute atomic E-state index is 11.7. The third-order valence-corrected chi connectivity index (χ3v) is 2.76. The van der Waals surface area contributed by atoms with E-state index in [0.717, 1.165) is 0 Å². The number of hydrogen-bond donors (Lipinski definition) is 2. The largest absolute Gasteiger partial charge is 0.479 e. The number of nitrogens with one attached hydrogen (secondary N) is 1. The van der Waals surface area contributed by atoms with Crippen molar-refractivity contribution in [2.45, 2.75) is 26.0 Å². The molecule has 0 saturated carbocycles. The maximum Gasteiger partial charge on any atom is 0.261 e. The second-order valence-corrected chi connectivity index (χ2v) is 4.77. The lowest BCUT2D eigenvalue weighted by molar-refractivity contribution is -0.128. The van der Waals surface area contributed by atoms with Gasteiger partial charge in [-0.3, -0.25) is 4.79 Å². The Balaban J connectivity index is 2.63. The molecule has 0 fully saturated rings. The molecule has 1 aromatic rings. The molecule has 18 heavy (non-hydrogen) atoms. The molecular weight excluding hydrogens is 277 g/mol. The summed E-state index contributed by atoms with van der Waals surface area (Å²) >= 11 is 11.7. The summed E-state index contributed by atoms with van der Waals surface area (Å²) in [5.41, 5.74) is 0. The highest BCUT2D eigenvalue weighted by atomic mass is 35.5. The van der Waals surface area contributed by atoms with Crippen molar-refractivity contribution in [2.24, 2.45) is 0 Å². The Morgan fingerprint density at radius 2 is 2.11 bits per heavy atom. The fourth-order valence-corrected chi connectivity index (χ4v) is 1.67. The summed E-state index contributed by atoms with van der Waals surface area (Å²) in [7, 11) is 0. The molecule has 0 aliphatic heterocycles. The molecule has 6 heteroatoms. The summed E-state index contributed by atoms with van der Waals surface area (Å²) in [6.07, 6.45) is -0.710. The van der Waals surface area contributed by atoms with Gasteiger partial charge in [0, 0.05) is 11.1 Å². The zero-order valence-electron chi connectivity index (χ0n) is 10.1. The van der Waals surface area contributed by atoms with Crippen LogP contribution in [0.2, 0.25) is 10.0 Å². The number of amides is 1. The molecule has 100 valence electrons. The number of benzene rings is 1. The van der Waals surface area contributed by atoms with Gasteiger partial charge in [-0.2, -0.15) is 0 Å². The molecule has 1 rings (SSSR count). The summed E-state index contributed by atoms with van der Waals surface area (Å²) < 4.78 is 5.42. The summed E-state index contributed by atoms with van der Waals surface area (Å²) in [5, 5.41) is 12.3. The second-order valence-electron chi connectivity index (χ2n) is 3.93. The molecule has 1 unspecified atom stereocenters. The number of aliphatic hydroxyl groups excluding tert-OH is 1. The summed E-state index contributed by atoms with van der Waals surface area (Å²) in [6.45, 7) is 3.17. The molecule has 0 aromatic heterocycles. The quantitative estimate of drug-likeness (QED) is 0.875. The Hall–Kier alpha value is -0.970. The number of ether oxygens (including phenoxy) is 1. The van der Waals surface area contributed by atoms with E-state index in [1.54, 1.807) is 32.0 Å². The number of carbonyl (C=O) groups excluding carboxylic acids is 1. The predicted molar refractivity (Wildman–Crippen MR) is 71.2 cm³/mol. The first-order chi connectivity index (χ1) is 8.43. The molecule has 0 radical (unpaired) electrons. The van der Waals surface area contributed by atoms with Gasteiger partial charge in [-0.25, -0.2) is 0 Å². The van der Waals surface area contributed by atoms with E-state index in [1.807, 2.05) is 0 Å². The molecule has 0 heterocycles. The van der Waals surface area contributed by atoms with Crippen molar-refractivity contribution in [1.82, 2.24) is 5.32 Å². The first-order valence-corrected chi connectivity index (χ1v) is 6.22. The van der Waals surface area contributed by atoms with E-state index in [1.165, 1.54) is 0 Å². The highest BCUT2D eigenvalue weighted by Crippen LogP contribution is 2.28. The minimum atomic E-state index is -0.710. The summed E-state index contributed by atoms with van der Waals surface area (Å²) in [6, 6.07) is 4.46. The van der Waals surface area contributed by atoms with Gasteiger partial charge in [0.1, 0.15) is 5.75 Å². The molecule has 1 aromatic carbocycles. The van der Waals surface area contributed by atoms with Crippen LogP contribution in [0.5, 0.6) is 5.75 Å². The zero-order chi connectivity index (χ0) is 13.7. The molecule has 2 atom stereocenters. The van der Waals surface area contributed by atoms with Crippen LogP contribution in [0.15, 0.2) is 18.2 Å². The average Bonchev–Trinajstić information content (AvgIpc) is 2.32. The fraction of sp³-hybridized carbons (Fsp3) is 0.417. The van der Waals surface area contributed by atoms with Crippen molar-refractivity contribution in [1.29, 1.82) is 0 Å². The zero-order valence-corrected chi connectivity index (χ0v) is 11.6. The van der Waals surface area contributed by atoms with Gasteiger partial charge in [-0.1, -0.05) is 23.2 Å². The molecule has 2 N–H and O–H groups in total. The predicted octanol–water partition coefficient (Wildman–Crippen LogP) is 2.26. The number of hydrogen-bond acceptors (Lipinski definition) is 3. The SMILES string of the molecule is CC(Oc1ccc(Cl)cc1Cl)C(=O)N[C@@H](C)CO. The smallest absolute Gasteiger partial charge is 0.261 e. The van der Waals surface area contributed by atoms with Gasteiger partial charge in [0.05, 0.1) is 11.6 Å². The van der Waals surface area contributed by atoms with E-state index in [-0.39, 0.29) is 18.6 Å². The number of carbonyl (C=O) groups is 1. The van der Waals surface area contributed by atoms with E-state index in [4.69, 9.17) is 33.0 Å². The normalized spacial score (nSPS) is 13.8. The van der Waals surface area contributed by atoms with Gasteiger partial charge >= 0.3 is 0 Å². The minimum absolute atomic E-state index is 0.125. The van der Waals surface area contributed by atoms with Gasteiger partial charge in [0.15, 0.2) is 6.10 Å². The van der Waals surface area contributed by atoms with Crippen LogP contribution in [-0.2, 0) is 4.79 Å². The molecule has 0 aliphatic rings. The highest BCUT2D eigenvalue weighted by molar-refractivity contribution is 6.35. The molecule has 0 spiro atoms. The van der Waals surface area contributed by atoms with Gasteiger partial charge in [-0.05, 0) is 32.0 Å². The van der Waals surface area contributed by atoms with Crippen molar-refractivity contribution in [3.8, 4) is 5.75 Å². The molecule has 0 bridgehead atoms. The van der Waals surface area contributed by atoms with Crippen LogP contribution < -0.4 is 10.1 Å². The van der Waals surface area contributed by atoms with Gasteiger partial charge in [0.25, 0.3) is 5.91 Å². The molecule has 0 saturated heterocycles. The lowest BCUT2D eigenvalue weighted by Crippen LogP contribution is -2.42. The molecular formula is C12H15Cl2NO3. The van der Waals surface area contributed by atoms with Crippen LogP contribution >= 0.6 is 23.2 Å². The summed E-state index contributed by atoms with van der Waals surface area (Å²) in [5.74, 6) is 0.0722. The van der Waals surface area contributed by atoms with Gasteiger partial charge in [-0.15, -0.1) is 0 Å². The van der Waals surface area contributed by atoms with Crippen LogP contribution in [0.4, 0.5) is 0 Å². The lowest BCUT2D eigenvalue weighted by Gasteiger charge is -2.18. The van der Waals surface area contributed by atoms with Gasteiger partial charge < -0.3 is 15.2 Å².